The third-order valence-electron chi connectivity index (χ3n) is 21.4. The van der Waals surface area contributed by atoms with Gasteiger partial charge in [0.05, 0.1) is 32.5 Å². The number of nitrogen functional groups attached to an aromatic ring is 2. The number of imidazole rings is 2. The molecule has 0 radical (unpaired) electrons. The molecule has 0 saturated carbocycles. The summed E-state index contributed by atoms with van der Waals surface area (Å²) < 4.78 is 66.6. The lowest BCUT2D eigenvalue weighted by Gasteiger charge is -2.44. The number of ether oxygens (including phenoxy) is 3. The van der Waals surface area contributed by atoms with Crippen LogP contribution in [0.4, 0.5) is 11.6 Å². The van der Waals surface area contributed by atoms with Crippen LogP contribution in [0.15, 0.2) is 36.9 Å². The smallest absolute Gasteiger partial charge is 0.320 e. The number of anilines is 2. The second-order valence-electron chi connectivity index (χ2n) is 34.6. The van der Waals surface area contributed by atoms with Crippen LogP contribution in [0.3, 0.4) is 0 Å². The van der Waals surface area contributed by atoms with E-state index in [0.717, 1.165) is 6.42 Å². The summed E-state index contributed by atoms with van der Waals surface area (Å²) >= 11 is 6.26. The van der Waals surface area contributed by atoms with Gasteiger partial charge in [-0.05, 0) is 133 Å². The molecule has 0 unspecified atom stereocenters. The van der Waals surface area contributed by atoms with E-state index < -0.39 is 74.6 Å². The fourth-order valence-electron chi connectivity index (χ4n) is 9.14. The Morgan fingerprint density at radius 1 is 0.484 bits per heavy atom. The zero-order valence-corrected chi connectivity index (χ0v) is 68.5. The van der Waals surface area contributed by atoms with Gasteiger partial charge in [0, 0.05) is 6.42 Å². The summed E-state index contributed by atoms with van der Waals surface area (Å²) in [5, 5.41) is 0.0632. The molecule has 8 atom stereocenters. The Balaban J connectivity index is 0.000000295. The lowest BCUT2D eigenvalue weighted by Crippen LogP contribution is -2.54. The van der Waals surface area contributed by atoms with Crippen molar-refractivity contribution in [3.63, 3.8) is 0 Å². The molecule has 26 heteroatoms. The van der Waals surface area contributed by atoms with E-state index >= 15 is 0 Å². The molecule has 2 saturated heterocycles. The molecule has 4 N–H and O–H groups in total. The minimum Gasteiger partial charge on any atom is -0.463 e. The van der Waals surface area contributed by atoms with Gasteiger partial charge < -0.3 is 52.2 Å². The van der Waals surface area contributed by atoms with E-state index in [4.69, 9.17) is 68.8 Å². The summed E-state index contributed by atoms with van der Waals surface area (Å²) in [5.74, 6) is 0.483. The number of nitrogens with zero attached hydrogens (tertiary/aromatic N) is 8. The number of benzene rings is 1. The molecule has 0 amide bonds. The average molecular weight is 1390 g/mol. The van der Waals surface area contributed by atoms with Crippen molar-refractivity contribution in [1.82, 2.24) is 39.0 Å². The van der Waals surface area contributed by atoms with Crippen LogP contribution in [0, 0.1) is 6.92 Å². The maximum atomic E-state index is 7.35. The van der Waals surface area contributed by atoms with E-state index in [0.29, 0.717) is 42.1 Å². The first-order valence-electron chi connectivity index (χ1n) is 32.7. The number of hydrogen-bond donors (Lipinski definition) is 2. The SMILES string of the molecule is CC(C)(C)[Si](C)(C)OC[C@H]1O[C@@H](n2cnc3c(N)nc(Cl)nc32)[C@H](O[Si](C)(C)C(C)(C)C)[C@@H]1O[Si](C)(C)C(C)(C)C.Cc1cccc(CCOc2nc(N)c3ncn([C@@H]4O[C@H](CO[Si](C)(C)C(C)(C)C)[C@@H](O[Si](C)(C)C(C)(C)C)[C@H]4O[Si](C)(C)C(C)(C)C)c3n2)c1. The highest BCUT2D eigenvalue weighted by atomic mass is 35.5. The highest BCUT2D eigenvalue weighted by Gasteiger charge is 2.58. The van der Waals surface area contributed by atoms with Crippen LogP contribution in [-0.4, -0.2) is 145 Å². The fourth-order valence-corrected chi connectivity index (χ4v) is 16.6. The Morgan fingerprint density at radius 2 is 0.835 bits per heavy atom. The highest BCUT2D eigenvalue weighted by molar-refractivity contribution is 6.76. The van der Waals surface area contributed by atoms with E-state index in [1.807, 2.05) is 9.13 Å². The molecular weight excluding hydrogens is 1270 g/mol. The third-order valence-corrected chi connectivity index (χ3v) is 48.5. The van der Waals surface area contributed by atoms with Gasteiger partial charge in [-0.1, -0.05) is 154 Å². The van der Waals surface area contributed by atoms with Crippen LogP contribution in [-0.2, 0) is 42.5 Å². The van der Waals surface area contributed by atoms with Gasteiger partial charge in [-0.15, -0.1) is 0 Å². The van der Waals surface area contributed by atoms with Crippen molar-refractivity contribution in [2.24, 2.45) is 0 Å². The minimum absolute atomic E-state index is 0.00560. The second kappa shape index (κ2) is 27.1. The molecule has 2 fully saturated rings. The predicted octanol–water partition coefficient (Wildman–Crippen LogP) is 16.8. The molecule has 0 bridgehead atoms. The quantitative estimate of drug-likeness (QED) is 0.0546. The van der Waals surface area contributed by atoms with Gasteiger partial charge in [-0.2, -0.15) is 19.9 Å². The Kier molecular flexibility index (Phi) is 23.0. The molecule has 4 aromatic heterocycles. The molecule has 2 aliphatic heterocycles. The molecule has 0 spiro atoms. The van der Waals surface area contributed by atoms with Crippen LogP contribution in [0.5, 0.6) is 6.01 Å². The van der Waals surface area contributed by atoms with Crippen molar-refractivity contribution in [1.29, 1.82) is 0 Å². The van der Waals surface area contributed by atoms with Crippen molar-refractivity contribution in [2.75, 3.05) is 31.3 Å². The molecule has 5 aromatic rings. The van der Waals surface area contributed by atoms with E-state index in [1.165, 1.54) is 11.1 Å². The van der Waals surface area contributed by atoms with Crippen molar-refractivity contribution < 1.29 is 40.8 Å². The van der Waals surface area contributed by atoms with Gasteiger partial charge in [0.25, 0.3) is 0 Å². The number of rotatable bonds is 20. The maximum Gasteiger partial charge on any atom is 0.320 e. The van der Waals surface area contributed by atoms with Gasteiger partial charge >= 0.3 is 6.01 Å². The normalized spacial score (nSPS) is 22.3. The van der Waals surface area contributed by atoms with Crippen molar-refractivity contribution in [2.45, 2.75) is 296 Å². The van der Waals surface area contributed by atoms with E-state index in [-0.39, 0.29) is 77.6 Å². The second-order valence-corrected chi connectivity index (χ2v) is 63.6. The Hall–Kier alpha value is -3.01. The number of nitrogens with two attached hydrogens (primary N) is 2. The van der Waals surface area contributed by atoms with Crippen molar-refractivity contribution in [3.8, 4) is 6.01 Å². The first kappa shape index (κ1) is 77.0. The summed E-state index contributed by atoms with van der Waals surface area (Å²) in [7, 11) is -13.4. The number of aryl methyl sites for hydroxylation is 1. The number of fused-ring (bicyclic) bond motifs is 2. The molecular formula is C65H119ClN10O9Si6. The first-order valence-corrected chi connectivity index (χ1v) is 50.5. The molecule has 2 aliphatic rings. The van der Waals surface area contributed by atoms with Crippen LogP contribution < -0.4 is 16.2 Å². The first-order chi connectivity index (χ1) is 41.0. The van der Waals surface area contributed by atoms with Gasteiger partial charge in [-0.25, -0.2) is 9.97 Å². The van der Waals surface area contributed by atoms with Gasteiger partial charge in [0.15, 0.2) is 90.8 Å². The molecule has 6 heterocycles. The topological polar surface area (TPSA) is 222 Å². The zero-order valence-electron chi connectivity index (χ0n) is 61.7. The summed E-state index contributed by atoms with van der Waals surface area (Å²) in [6.45, 7) is 71.1. The summed E-state index contributed by atoms with van der Waals surface area (Å²) in [4.78, 5) is 27.1. The van der Waals surface area contributed by atoms with Crippen molar-refractivity contribution >= 4 is 95.5 Å². The van der Waals surface area contributed by atoms with Gasteiger partial charge in [0.2, 0.25) is 5.28 Å². The molecule has 1 aromatic carbocycles. The molecule has 91 heavy (non-hydrogen) atoms. The van der Waals surface area contributed by atoms with Crippen LogP contribution >= 0.6 is 11.6 Å². The van der Waals surface area contributed by atoms with Crippen LogP contribution in [0.25, 0.3) is 22.3 Å². The number of aromatic nitrogens is 8. The maximum absolute atomic E-state index is 7.35. The van der Waals surface area contributed by atoms with Crippen molar-refractivity contribution in [3.05, 3.63) is 53.3 Å². The Morgan fingerprint density at radius 3 is 1.20 bits per heavy atom. The summed E-state index contributed by atoms with van der Waals surface area (Å²) in [6, 6.07) is 8.60. The third kappa shape index (κ3) is 17.6. The van der Waals surface area contributed by atoms with Crippen LogP contribution in [0.1, 0.15) is 148 Å². The summed E-state index contributed by atoms with van der Waals surface area (Å²) in [5.41, 5.74) is 17.1. The standard InChI is InChI=1S/C37H65N5O5Si3.C28H54ClN5O4Si3/c1-25-18-17-19-26(22-25)20-21-43-34-40-31(38)28-32(41-34)42(24-39-28)33-30(47-50(15,16)37(8,9)10)29(46-49(13,14)36(5,6)7)27(45-33)23-44-48(11,12)35(2,3)4;1-26(2,3)39(10,11)35-16-18-20(37-40(12,13)27(4,5)6)21(38-41(14,15)28(7,8)9)24(36-18)34-17-31-19-22(30)32-25(29)33-23(19)34/h17-19,22,24,27,29-30,33H,20-21,23H2,1-16H3,(H2,38,40,41);17-18,20-21,24H,16H2,1-15H3,(H2,30,32,33)/t27-,29-,30-,33-;18-,20-,21-,24-/m11/s1. The average Bonchev–Trinajstić information content (AvgIpc) is 1.66. The Labute approximate surface area is 558 Å². The zero-order chi connectivity index (χ0) is 69.2. The molecule has 0 aliphatic carbocycles. The Bertz CT molecular complexity index is 3290. The number of hydrogen-bond acceptors (Lipinski definition) is 17. The largest absolute Gasteiger partial charge is 0.463 e. The number of halogens is 1. The predicted molar refractivity (Wildman–Crippen MR) is 387 cm³/mol. The van der Waals surface area contributed by atoms with Crippen LogP contribution in [0.2, 0.25) is 114 Å². The molecule has 7 rings (SSSR count). The fraction of sp³-hybridized carbons (Fsp3) is 0.754. The highest BCUT2D eigenvalue weighted by Crippen LogP contribution is 2.50. The van der Waals surface area contributed by atoms with E-state index in [1.54, 1.807) is 12.7 Å². The van der Waals surface area contributed by atoms with Gasteiger partial charge in [-0.3, -0.25) is 9.13 Å². The molecule has 19 nitrogen and oxygen atoms in total. The monoisotopic (exact) mass is 1390 g/mol. The van der Waals surface area contributed by atoms with E-state index in [2.05, 4.69) is 259 Å². The minimum atomic E-state index is -2.34. The lowest BCUT2D eigenvalue weighted by atomic mass is 10.1. The van der Waals surface area contributed by atoms with E-state index in [9.17, 15) is 0 Å². The van der Waals surface area contributed by atoms with Gasteiger partial charge in [0.1, 0.15) is 42.1 Å². The lowest BCUT2D eigenvalue weighted by molar-refractivity contribution is -0.0470. The molecule has 514 valence electrons. The summed E-state index contributed by atoms with van der Waals surface area (Å²) in [6.07, 6.45) is 0.659.